The van der Waals surface area contributed by atoms with Crippen molar-refractivity contribution in [3.63, 3.8) is 0 Å². The molecule has 0 amide bonds. The van der Waals surface area contributed by atoms with E-state index in [0.29, 0.717) is 0 Å². The first-order chi connectivity index (χ1) is 9.09. The van der Waals surface area contributed by atoms with Gasteiger partial charge < -0.3 is 5.32 Å². The Balaban J connectivity index is 2.09. The maximum Gasteiger partial charge on any atom is 0.0453 e. The zero-order chi connectivity index (χ0) is 13.8. The number of rotatable bonds is 4. The Kier molecular flexibility index (Phi) is 4.62. The van der Waals surface area contributed by atoms with Crippen molar-refractivity contribution in [3.8, 4) is 0 Å². The van der Waals surface area contributed by atoms with Crippen LogP contribution in [0.5, 0.6) is 0 Å². The van der Waals surface area contributed by atoms with Gasteiger partial charge in [-0.25, -0.2) is 0 Å². The third kappa shape index (κ3) is 3.37. The van der Waals surface area contributed by atoms with Crippen molar-refractivity contribution < 1.29 is 0 Å². The number of nitrogens with one attached hydrogen (secondary N) is 1. The van der Waals surface area contributed by atoms with Gasteiger partial charge in [-0.15, -0.1) is 0 Å². The van der Waals surface area contributed by atoms with Crippen molar-refractivity contribution in [1.29, 1.82) is 0 Å². The van der Waals surface area contributed by atoms with Gasteiger partial charge in [-0.05, 0) is 49.1 Å². The van der Waals surface area contributed by atoms with E-state index in [1.165, 1.54) is 16.7 Å². The van der Waals surface area contributed by atoms with Gasteiger partial charge in [0.1, 0.15) is 0 Å². The molecule has 0 radical (unpaired) electrons. The average molecular weight is 274 g/mol. The van der Waals surface area contributed by atoms with E-state index >= 15 is 0 Å². The van der Waals surface area contributed by atoms with E-state index in [-0.39, 0.29) is 6.04 Å². The lowest BCUT2D eigenvalue weighted by Crippen LogP contribution is -2.19. The van der Waals surface area contributed by atoms with Gasteiger partial charge in [0.05, 0.1) is 0 Å². The maximum absolute atomic E-state index is 6.22. The molecule has 0 aromatic heterocycles. The Morgan fingerprint density at radius 2 is 1.63 bits per heavy atom. The highest BCUT2D eigenvalue weighted by Crippen LogP contribution is 2.23. The summed E-state index contributed by atoms with van der Waals surface area (Å²) in [6.45, 7) is 7.33. The van der Waals surface area contributed by atoms with Crippen LogP contribution in [0.1, 0.15) is 35.2 Å². The lowest BCUT2D eigenvalue weighted by atomic mass is 10.0. The third-order valence-electron chi connectivity index (χ3n) is 3.60. The molecule has 0 fully saturated rings. The lowest BCUT2D eigenvalue weighted by molar-refractivity contribution is 0.572. The van der Waals surface area contributed by atoms with Crippen LogP contribution in [0.3, 0.4) is 0 Å². The third-order valence-corrected chi connectivity index (χ3v) is 3.95. The highest BCUT2D eigenvalue weighted by molar-refractivity contribution is 6.31. The molecule has 2 heteroatoms. The van der Waals surface area contributed by atoms with Gasteiger partial charge in [0, 0.05) is 17.6 Å². The molecule has 1 atom stereocenters. The van der Waals surface area contributed by atoms with Gasteiger partial charge in [-0.2, -0.15) is 0 Å². The second-order valence-corrected chi connectivity index (χ2v) is 5.40. The second-order valence-electron chi connectivity index (χ2n) is 4.99. The molecule has 1 nitrogen and oxygen atoms in total. The smallest absolute Gasteiger partial charge is 0.0453 e. The van der Waals surface area contributed by atoms with Crippen molar-refractivity contribution in [2.45, 2.75) is 33.4 Å². The van der Waals surface area contributed by atoms with Crippen molar-refractivity contribution in [2.75, 3.05) is 0 Å². The zero-order valence-corrected chi connectivity index (χ0v) is 12.5. The molecule has 0 bridgehead atoms. The van der Waals surface area contributed by atoms with E-state index in [9.17, 15) is 0 Å². The van der Waals surface area contributed by atoms with E-state index < -0.39 is 0 Å². The average Bonchev–Trinajstić information content (AvgIpc) is 2.38. The lowest BCUT2D eigenvalue weighted by Gasteiger charge is -2.17. The molecule has 0 aliphatic rings. The first kappa shape index (κ1) is 14.1. The van der Waals surface area contributed by atoms with Crippen LogP contribution in [0.4, 0.5) is 0 Å². The van der Waals surface area contributed by atoms with Crippen LogP contribution >= 0.6 is 11.6 Å². The molecule has 0 saturated carbocycles. The van der Waals surface area contributed by atoms with Crippen molar-refractivity contribution in [3.05, 3.63) is 69.7 Å². The van der Waals surface area contributed by atoms with Crippen LogP contribution in [0.2, 0.25) is 5.02 Å². The summed E-state index contributed by atoms with van der Waals surface area (Å²) in [7, 11) is 0. The molecular weight excluding hydrogens is 254 g/mol. The normalized spacial score (nSPS) is 12.4. The minimum Gasteiger partial charge on any atom is -0.306 e. The van der Waals surface area contributed by atoms with Crippen LogP contribution in [0.25, 0.3) is 0 Å². The summed E-state index contributed by atoms with van der Waals surface area (Å²) in [4.78, 5) is 0. The van der Waals surface area contributed by atoms with Crippen LogP contribution < -0.4 is 5.32 Å². The van der Waals surface area contributed by atoms with Crippen molar-refractivity contribution in [2.24, 2.45) is 0 Å². The van der Waals surface area contributed by atoms with Gasteiger partial charge in [0.25, 0.3) is 0 Å². The Hall–Kier alpha value is -1.31. The van der Waals surface area contributed by atoms with E-state index in [4.69, 9.17) is 11.6 Å². The Morgan fingerprint density at radius 1 is 1.00 bits per heavy atom. The quantitative estimate of drug-likeness (QED) is 0.843. The standard InChI is InChI=1S/C17H20ClN/c1-12-7-6-8-13(2)16(12)11-19-14(3)15-9-4-5-10-17(15)18/h4-10,14,19H,11H2,1-3H3. The first-order valence-corrected chi connectivity index (χ1v) is 7.00. The molecule has 19 heavy (non-hydrogen) atoms. The van der Waals surface area contributed by atoms with Crippen LogP contribution in [-0.4, -0.2) is 0 Å². The van der Waals surface area contributed by atoms with Crippen LogP contribution in [-0.2, 0) is 6.54 Å². The fourth-order valence-corrected chi connectivity index (χ4v) is 2.62. The summed E-state index contributed by atoms with van der Waals surface area (Å²) in [6, 6.07) is 14.7. The van der Waals surface area contributed by atoms with E-state index in [0.717, 1.165) is 17.1 Å². The van der Waals surface area contributed by atoms with Crippen LogP contribution in [0, 0.1) is 13.8 Å². The molecule has 100 valence electrons. The van der Waals surface area contributed by atoms with Crippen molar-refractivity contribution in [1.82, 2.24) is 5.32 Å². The zero-order valence-electron chi connectivity index (χ0n) is 11.7. The maximum atomic E-state index is 6.22. The fraction of sp³-hybridized carbons (Fsp3) is 0.294. The minimum absolute atomic E-state index is 0.243. The molecule has 2 aromatic rings. The SMILES string of the molecule is Cc1cccc(C)c1CNC(C)c1ccccc1Cl. The molecule has 1 N–H and O–H groups in total. The summed E-state index contributed by atoms with van der Waals surface area (Å²) >= 11 is 6.22. The molecule has 0 aliphatic carbocycles. The van der Waals surface area contributed by atoms with Crippen molar-refractivity contribution >= 4 is 11.6 Å². The van der Waals surface area contributed by atoms with Gasteiger partial charge in [-0.3, -0.25) is 0 Å². The summed E-state index contributed by atoms with van der Waals surface area (Å²) in [5.41, 5.74) is 5.19. The topological polar surface area (TPSA) is 12.0 Å². The highest BCUT2D eigenvalue weighted by Gasteiger charge is 2.09. The number of halogens is 1. The molecule has 0 saturated heterocycles. The van der Waals surface area contributed by atoms with Gasteiger partial charge >= 0.3 is 0 Å². The minimum atomic E-state index is 0.243. The molecule has 0 aliphatic heterocycles. The van der Waals surface area contributed by atoms with E-state index in [2.05, 4.69) is 50.4 Å². The predicted octanol–water partition coefficient (Wildman–Crippen LogP) is 4.81. The second kappa shape index (κ2) is 6.23. The van der Waals surface area contributed by atoms with Gasteiger partial charge in [-0.1, -0.05) is 48.0 Å². The molecule has 1 unspecified atom stereocenters. The Bertz CT molecular complexity index is 543. The summed E-state index contributed by atoms with van der Waals surface area (Å²) in [5, 5.41) is 4.38. The number of benzene rings is 2. The van der Waals surface area contributed by atoms with Gasteiger partial charge in [0.2, 0.25) is 0 Å². The fourth-order valence-electron chi connectivity index (χ4n) is 2.32. The summed E-state index contributed by atoms with van der Waals surface area (Å²) in [5.74, 6) is 0. The van der Waals surface area contributed by atoms with E-state index in [1.54, 1.807) is 0 Å². The largest absolute Gasteiger partial charge is 0.306 e. The first-order valence-electron chi connectivity index (χ1n) is 6.62. The Labute approximate surface area is 120 Å². The monoisotopic (exact) mass is 273 g/mol. The Morgan fingerprint density at radius 3 is 2.26 bits per heavy atom. The van der Waals surface area contributed by atoms with Gasteiger partial charge in [0.15, 0.2) is 0 Å². The number of aryl methyl sites for hydroxylation is 2. The number of hydrogen-bond acceptors (Lipinski definition) is 1. The van der Waals surface area contributed by atoms with Crippen LogP contribution in [0.15, 0.2) is 42.5 Å². The molecule has 0 heterocycles. The summed E-state index contributed by atoms with van der Waals surface area (Å²) < 4.78 is 0. The molecular formula is C17H20ClN. The van der Waals surface area contributed by atoms with E-state index in [1.807, 2.05) is 18.2 Å². The number of hydrogen-bond donors (Lipinski definition) is 1. The molecule has 2 aromatic carbocycles. The summed E-state index contributed by atoms with van der Waals surface area (Å²) in [6.07, 6.45) is 0. The highest BCUT2D eigenvalue weighted by atomic mass is 35.5. The predicted molar refractivity (Wildman–Crippen MR) is 82.6 cm³/mol. The molecule has 0 spiro atoms. The molecule has 2 rings (SSSR count).